The van der Waals surface area contributed by atoms with Crippen molar-refractivity contribution in [2.75, 3.05) is 6.54 Å². The number of aliphatic hydroxyl groups excluding tert-OH is 1. The van der Waals surface area contributed by atoms with Gasteiger partial charge < -0.3 is 10.4 Å². The normalized spacial score (nSPS) is 23.3. The van der Waals surface area contributed by atoms with Crippen LogP contribution in [-0.4, -0.2) is 34.0 Å². The summed E-state index contributed by atoms with van der Waals surface area (Å²) in [5.41, 5.74) is -0.872. The van der Waals surface area contributed by atoms with Gasteiger partial charge >= 0.3 is 6.03 Å². The van der Waals surface area contributed by atoms with Crippen LogP contribution in [-0.2, 0) is 4.79 Å². The maximum atomic E-state index is 13.6. The largest absolute Gasteiger partial charge is 0.386 e. The van der Waals surface area contributed by atoms with E-state index in [0.717, 1.165) is 11.3 Å². The predicted molar refractivity (Wildman–Crippen MR) is 74.9 cm³/mol. The monoisotopic (exact) mass is 294 g/mol. The zero-order valence-electron chi connectivity index (χ0n) is 12.1. The molecule has 1 heterocycles. The van der Waals surface area contributed by atoms with Crippen LogP contribution in [0.4, 0.5) is 9.18 Å². The Morgan fingerprint density at radius 2 is 2.05 bits per heavy atom. The first-order chi connectivity index (χ1) is 9.89. The van der Waals surface area contributed by atoms with Gasteiger partial charge in [0.05, 0.1) is 12.6 Å². The minimum atomic E-state index is -1.25. The van der Waals surface area contributed by atoms with Gasteiger partial charge in [0, 0.05) is 5.56 Å². The van der Waals surface area contributed by atoms with Gasteiger partial charge in [-0.05, 0) is 19.4 Å². The van der Waals surface area contributed by atoms with Crippen molar-refractivity contribution in [1.29, 1.82) is 0 Å². The highest BCUT2D eigenvalue weighted by molar-refractivity contribution is 6.06. The van der Waals surface area contributed by atoms with Crippen molar-refractivity contribution >= 4 is 11.9 Å². The minimum Gasteiger partial charge on any atom is -0.386 e. The van der Waals surface area contributed by atoms with Crippen molar-refractivity contribution < 1.29 is 19.1 Å². The molecule has 0 bridgehead atoms. The number of imide groups is 1. The van der Waals surface area contributed by atoms with Crippen LogP contribution in [0.1, 0.15) is 38.4 Å². The lowest BCUT2D eigenvalue weighted by molar-refractivity contribution is -0.132. The van der Waals surface area contributed by atoms with Crippen LogP contribution in [0.25, 0.3) is 0 Å². The number of nitrogens with one attached hydrogen (secondary N) is 1. The van der Waals surface area contributed by atoms with Crippen LogP contribution in [0.5, 0.6) is 0 Å². The first-order valence-corrected chi connectivity index (χ1v) is 6.95. The zero-order valence-corrected chi connectivity index (χ0v) is 12.1. The quantitative estimate of drug-likeness (QED) is 0.816. The van der Waals surface area contributed by atoms with Gasteiger partial charge in [-0.25, -0.2) is 9.18 Å². The highest BCUT2D eigenvalue weighted by atomic mass is 19.1. The molecular weight excluding hydrogens is 275 g/mol. The Balaban J connectivity index is 2.15. The lowest BCUT2D eigenvalue weighted by atomic mass is 9.96. The summed E-state index contributed by atoms with van der Waals surface area (Å²) in [5, 5.41) is 12.7. The number of aliphatic hydroxyl groups is 1. The minimum absolute atomic E-state index is 0.0715. The fourth-order valence-electron chi connectivity index (χ4n) is 2.60. The third-order valence-electron chi connectivity index (χ3n) is 3.71. The van der Waals surface area contributed by atoms with Gasteiger partial charge in [0.1, 0.15) is 11.4 Å². The molecule has 1 aromatic rings. The number of carbonyl (C=O) groups excluding carboxylic acids is 2. The standard InChI is InChI=1S/C15H19FN2O3/c1-3-8-15(2)13(20)18(14(21)17-15)9-12(19)10-6-4-5-7-11(10)16/h4-7,12,19H,3,8-9H2,1-2H3,(H,17,21)/t12-,15+/m0/s1. The first kappa shape index (κ1) is 15.4. The molecule has 1 aliphatic rings. The Hall–Kier alpha value is -1.95. The van der Waals surface area contributed by atoms with Crippen LogP contribution in [0.3, 0.4) is 0 Å². The van der Waals surface area contributed by atoms with Gasteiger partial charge in [-0.1, -0.05) is 31.5 Å². The fourth-order valence-corrected chi connectivity index (χ4v) is 2.60. The lowest BCUT2D eigenvalue weighted by Crippen LogP contribution is -2.44. The third kappa shape index (κ3) is 2.90. The maximum Gasteiger partial charge on any atom is 0.325 e. The van der Waals surface area contributed by atoms with Gasteiger partial charge in [-0.2, -0.15) is 0 Å². The third-order valence-corrected chi connectivity index (χ3v) is 3.71. The van der Waals surface area contributed by atoms with E-state index in [1.807, 2.05) is 6.92 Å². The van der Waals surface area contributed by atoms with Crippen LogP contribution in [0.15, 0.2) is 24.3 Å². The first-order valence-electron chi connectivity index (χ1n) is 6.95. The molecule has 2 rings (SSSR count). The molecule has 0 spiro atoms. The van der Waals surface area contributed by atoms with Gasteiger partial charge in [0.2, 0.25) is 0 Å². The molecule has 1 saturated heterocycles. The summed E-state index contributed by atoms with van der Waals surface area (Å²) in [5.74, 6) is -0.946. The Morgan fingerprint density at radius 1 is 1.38 bits per heavy atom. The molecule has 0 saturated carbocycles. The van der Waals surface area contributed by atoms with E-state index in [2.05, 4.69) is 5.32 Å². The van der Waals surface area contributed by atoms with Crippen molar-refractivity contribution in [3.05, 3.63) is 35.6 Å². The van der Waals surface area contributed by atoms with Crippen molar-refractivity contribution in [3.8, 4) is 0 Å². The molecule has 1 aromatic carbocycles. The number of benzene rings is 1. The number of nitrogens with zero attached hydrogens (tertiary/aromatic N) is 1. The highest BCUT2D eigenvalue weighted by Gasteiger charge is 2.47. The number of hydrogen-bond acceptors (Lipinski definition) is 3. The molecule has 5 nitrogen and oxygen atoms in total. The molecule has 1 aliphatic heterocycles. The van der Waals surface area contributed by atoms with Crippen molar-refractivity contribution in [2.24, 2.45) is 0 Å². The second-order valence-electron chi connectivity index (χ2n) is 5.47. The van der Waals surface area contributed by atoms with E-state index >= 15 is 0 Å². The van der Waals surface area contributed by atoms with E-state index < -0.39 is 23.5 Å². The summed E-state index contributed by atoms with van der Waals surface area (Å²) in [7, 11) is 0. The van der Waals surface area contributed by atoms with Crippen LogP contribution in [0.2, 0.25) is 0 Å². The number of halogens is 1. The van der Waals surface area contributed by atoms with E-state index in [-0.39, 0.29) is 18.0 Å². The number of urea groups is 1. The molecule has 2 N–H and O–H groups in total. The number of carbonyl (C=O) groups is 2. The predicted octanol–water partition coefficient (Wildman–Crippen LogP) is 1.97. The van der Waals surface area contributed by atoms with E-state index in [9.17, 15) is 19.1 Å². The Bertz CT molecular complexity index is 564. The van der Waals surface area contributed by atoms with Gasteiger partial charge in [0.25, 0.3) is 5.91 Å². The van der Waals surface area contributed by atoms with Crippen molar-refractivity contribution in [3.63, 3.8) is 0 Å². The number of β-amino-alcohol motifs (C(OH)–C–C–N with tert-alkyl or cyclic N) is 1. The molecule has 0 aromatic heterocycles. The summed E-state index contributed by atoms with van der Waals surface area (Å²) >= 11 is 0. The lowest BCUT2D eigenvalue weighted by Gasteiger charge is -2.22. The molecule has 0 radical (unpaired) electrons. The van der Waals surface area contributed by atoms with Crippen molar-refractivity contribution in [1.82, 2.24) is 10.2 Å². The molecular formula is C15H19FN2O3. The van der Waals surface area contributed by atoms with E-state index in [4.69, 9.17) is 0 Å². The molecule has 0 aliphatic carbocycles. The Morgan fingerprint density at radius 3 is 2.67 bits per heavy atom. The summed E-state index contributed by atoms with van der Waals surface area (Å²) in [6, 6.07) is 5.22. The summed E-state index contributed by atoms with van der Waals surface area (Å²) < 4.78 is 13.6. The van der Waals surface area contributed by atoms with E-state index in [0.29, 0.717) is 6.42 Å². The molecule has 2 atom stereocenters. The fraction of sp³-hybridized carbons (Fsp3) is 0.467. The maximum absolute atomic E-state index is 13.6. The Kier molecular flexibility index (Phi) is 4.27. The SMILES string of the molecule is CCC[C@@]1(C)NC(=O)N(C[C@H](O)c2ccccc2F)C1=O. The number of rotatable bonds is 5. The molecule has 21 heavy (non-hydrogen) atoms. The zero-order chi connectivity index (χ0) is 15.6. The van der Waals surface area contributed by atoms with Crippen LogP contribution >= 0.6 is 0 Å². The van der Waals surface area contributed by atoms with Crippen molar-refractivity contribution in [2.45, 2.75) is 38.3 Å². The summed E-state index contributed by atoms with van der Waals surface area (Å²) in [6.07, 6.45) is 0.0145. The van der Waals surface area contributed by atoms with Crippen LogP contribution < -0.4 is 5.32 Å². The molecule has 1 fully saturated rings. The molecule has 0 unspecified atom stereocenters. The average molecular weight is 294 g/mol. The molecule has 6 heteroatoms. The van der Waals surface area contributed by atoms with Gasteiger partial charge in [-0.3, -0.25) is 9.69 Å². The number of hydrogen-bond donors (Lipinski definition) is 2. The summed E-state index contributed by atoms with van der Waals surface area (Å²) in [6.45, 7) is 3.32. The summed E-state index contributed by atoms with van der Waals surface area (Å²) in [4.78, 5) is 25.2. The van der Waals surface area contributed by atoms with Gasteiger partial charge in [0.15, 0.2) is 0 Å². The highest BCUT2D eigenvalue weighted by Crippen LogP contribution is 2.25. The van der Waals surface area contributed by atoms with Gasteiger partial charge in [-0.15, -0.1) is 0 Å². The van der Waals surface area contributed by atoms with E-state index in [1.165, 1.54) is 18.2 Å². The number of amides is 3. The molecule has 114 valence electrons. The van der Waals surface area contributed by atoms with Crippen LogP contribution in [0, 0.1) is 5.82 Å². The second-order valence-corrected chi connectivity index (χ2v) is 5.47. The molecule has 3 amide bonds. The second kappa shape index (κ2) is 5.81. The smallest absolute Gasteiger partial charge is 0.325 e. The topological polar surface area (TPSA) is 69.6 Å². The Labute approximate surface area is 122 Å². The average Bonchev–Trinajstić information content (AvgIpc) is 2.63. The van der Waals surface area contributed by atoms with E-state index in [1.54, 1.807) is 13.0 Å².